The average molecular weight is 420 g/mol. The first-order valence-corrected chi connectivity index (χ1v) is 11.9. The Morgan fingerprint density at radius 3 is 2.46 bits per heavy atom. The molecule has 5 unspecified atom stereocenters. The largest absolute Gasteiger partial charge is 0.462 e. The first kappa shape index (κ1) is 20.8. The summed E-state index contributed by atoms with van der Waals surface area (Å²) in [6, 6.07) is 0. The highest BCUT2D eigenvalue weighted by molar-refractivity contribution is 7.98. The zero-order valence-corrected chi connectivity index (χ0v) is 17.2. The Bertz CT molecular complexity index is 544. The molecule has 0 aliphatic heterocycles. The van der Waals surface area contributed by atoms with Crippen LogP contribution in [0.2, 0.25) is 0 Å². The highest BCUT2D eigenvalue weighted by atomic mass is 32.2. The van der Waals surface area contributed by atoms with Gasteiger partial charge in [0.05, 0.1) is 5.92 Å². The van der Waals surface area contributed by atoms with Gasteiger partial charge in [0.15, 0.2) is 0 Å². The van der Waals surface area contributed by atoms with Crippen molar-refractivity contribution in [2.75, 3.05) is 6.54 Å². The third kappa shape index (κ3) is 5.18. The van der Waals surface area contributed by atoms with Gasteiger partial charge in [-0.15, -0.1) is 0 Å². The lowest BCUT2D eigenvalue weighted by molar-refractivity contribution is -0.165. The first-order valence-electron chi connectivity index (χ1n) is 11.1. The second-order valence-electron chi connectivity index (χ2n) is 9.59. The van der Waals surface area contributed by atoms with Crippen molar-refractivity contribution in [1.82, 2.24) is 4.72 Å². The van der Waals surface area contributed by atoms with Gasteiger partial charge >= 0.3 is 11.5 Å². The number of carbonyl (C=O) groups excluding carboxylic acids is 1. The normalized spacial score (nSPS) is 40.3. The predicted octanol–water partition coefficient (Wildman–Crippen LogP) is 5.70. The van der Waals surface area contributed by atoms with Crippen LogP contribution in [0.15, 0.2) is 0 Å². The molecule has 4 aliphatic carbocycles. The van der Waals surface area contributed by atoms with Crippen molar-refractivity contribution in [3.8, 4) is 0 Å². The number of fused-ring (bicyclic) bond motifs is 2. The van der Waals surface area contributed by atoms with Crippen LogP contribution in [-0.2, 0) is 9.53 Å². The molecule has 4 fully saturated rings. The molecule has 4 aliphatic rings. The molecule has 5 atom stereocenters. The van der Waals surface area contributed by atoms with Gasteiger partial charge in [-0.25, -0.2) is 0 Å². The minimum atomic E-state index is -4.22. The van der Waals surface area contributed by atoms with Crippen molar-refractivity contribution in [3.63, 3.8) is 0 Å². The highest BCUT2D eigenvalue weighted by Gasteiger charge is 2.48. The van der Waals surface area contributed by atoms with Gasteiger partial charge in [-0.2, -0.15) is 13.2 Å². The van der Waals surface area contributed by atoms with E-state index >= 15 is 0 Å². The van der Waals surface area contributed by atoms with E-state index in [9.17, 15) is 18.0 Å². The molecule has 0 amide bonds. The summed E-state index contributed by atoms with van der Waals surface area (Å²) < 4.78 is 44.7. The van der Waals surface area contributed by atoms with E-state index in [0.29, 0.717) is 18.4 Å². The van der Waals surface area contributed by atoms with Crippen LogP contribution in [0, 0.1) is 35.5 Å². The molecule has 4 rings (SSSR count). The van der Waals surface area contributed by atoms with Crippen molar-refractivity contribution >= 4 is 17.9 Å². The molecule has 0 aromatic rings. The molecule has 3 nitrogen and oxygen atoms in total. The zero-order valence-electron chi connectivity index (χ0n) is 16.4. The van der Waals surface area contributed by atoms with Crippen LogP contribution < -0.4 is 4.72 Å². The molecule has 0 radical (unpaired) electrons. The Labute approximate surface area is 170 Å². The lowest BCUT2D eigenvalue weighted by Gasteiger charge is -2.51. The summed E-state index contributed by atoms with van der Waals surface area (Å²) in [6.07, 6.45) is 11.9. The Kier molecular flexibility index (Phi) is 6.50. The molecule has 3 bridgehead atoms. The molecule has 28 heavy (non-hydrogen) atoms. The standard InChI is InChI=1S/C21H32F3NO2S/c22-21(23,24)28-25-8-7-13-1-4-17(5-2-13)27-20(26)19-12-15-9-14-3-6-18(19)16(10-14)11-15/h13-19,25H,1-12H2. The van der Waals surface area contributed by atoms with Crippen LogP contribution >= 0.6 is 11.9 Å². The summed E-state index contributed by atoms with van der Waals surface area (Å²) in [7, 11) is 0. The van der Waals surface area contributed by atoms with Gasteiger partial charge in [0.25, 0.3) is 0 Å². The van der Waals surface area contributed by atoms with E-state index in [1.165, 1.54) is 32.1 Å². The molecular formula is C21H32F3NO2S. The molecule has 4 saturated carbocycles. The topological polar surface area (TPSA) is 38.3 Å². The molecule has 0 heterocycles. The monoisotopic (exact) mass is 419 g/mol. The number of halogens is 3. The fourth-order valence-electron chi connectivity index (χ4n) is 6.58. The Hall–Kier alpha value is -0.430. The van der Waals surface area contributed by atoms with Crippen molar-refractivity contribution < 1.29 is 22.7 Å². The molecule has 7 heteroatoms. The Morgan fingerprint density at radius 1 is 0.964 bits per heavy atom. The van der Waals surface area contributed by atoms with Crippen LogP contribution in [0.25, 0.3) is 0 Å². The Morgan fingerprint density at radius 2 is 1.71 bits per heavy atom. The second kappa shape index (κ2) is 8.75. The first-order chi connectivity index (χ1) is 13.4. The number of nitrogens with one attached hydrogen (secondary N) is 1. The maximum Gasteiger partial charge on any atom is 0.456 e. The number of hydrogen-bond donors (Lipinski definition) is 1. The van der Waals surface area contributed by atoms with Crippen LogP contribution in [0.3, 0.4) is 0 Å². The van der Waals surface area contributed by atoms with Gasteiger partial charge in [0.1, 0.15) is 6.10 Å². The van der Waals surface area contributed by atoms with Crippen molar-refractivity contribution in [1.29, 1.82) is 0 Å². The van der Waals surface area contributed by atoms with E-state index < -0.39 is 5.51 Å². The number of rotatable bonds is 6. The van der Waals surface area contributed by atoms with Crippen LogP contribution in [0.5, 0.6) is 0 Å². The minimum absolute atomic E-state index is 0.0133. The molecular weight excluding hydrogens is 387 g/mol. The summed E-state index contributed by atoms with van der Waals surface area (Å²) in [4.78, 5) is 12.9. The van der Waals surface area contributed by atoms with Crippen LogP contribution in [0.1, 0.15) is 70.6 Å². The SMILES string of the molecule is O=C(OC1CCC(CCNSC(F)(F)F)CC1)C1CC2CC3CCC1C(C3)C2. The second-order valence-corrected chi connectivity index (χ2v) is 10.5. The Balaban J connectivity index is 1.18. The van der Waals surface area contributed by atoms with Crippen molar-refractivity contribution in [2.45, 2.75) is 82.2 Å². The van der Waals surface area contributed by atoms with Crippen molar-refractivity contribution in [2.24, 2.45) is 35.5 Å². The fourth-order valence-corrected chi connectivity index (χ4v) is 6.96. The van der Waals surface area contributed by atoms with Crippen molar-refractivity contribution in [3.05, 3.63) is 0 Å². The third-order valence-corrected chi connectivity index (χ3v) is 8.36. The molecule has 0 spiro atoms. The van der Waals surface area contributed by atoms with E-state index in [0.717, 1.165) is 56.3 Å². The molecule has 160 valence electrons. The number of hydrogen-bond acceptors (Lipinski definition) is 4. The van der Waals surface area contributed by atoms with Gasteiger partial charge in [-0.3, -0.25) is 9.52 Å². The van der Waals surface area contributed by atoms with E-state index in [2.05, 4.69) is 4.72 Å². The van der Waals surface area contributed by atoms with Crippen LogP contribution in [-0.4, -0.2) is 24.1 Å². The van der Waals surface area contributed by atoms with Gasteiger partial charge in [-0.05, 0) is 93.8 Å². The van der Waals surface area contributed by atoms with Gasteiger partial charge in [0.2, 0.25) is 0 Å². The maximum atomic E-state index is 12.9. The zero-order chi connectivity index (χ0) is 19.7. The number of ether oxygens (including phenoxy) is 1. The van der Waals surface area contributed by atoms with Crippen LogP contribution in [0.4, 0.5) is 13.2 Å². The molecule has 0 saturated heterocycles. The summed E-state index contributed by atoms with van der Waals surface area (Å²) in [6.45, 7) is 0.368. The van der Waals surface area contributed by atoms with E-state index in [1.807, 2.05) is 0 Å². The summed E-state index contributed by atoms with van der Waals surface area (Å²) in [5, 5.41) is 0. The predicted molar refractivity (Wildman–Crippen MR) is 103 cm³/mol. The lowest BCUT2D eigenvalue weighted by atomic mass is 9.54. The number of alkyl halides is 3. The van der Waals surface area contributed by atoms with Gasteiger partial charge < -0.3 is 4.74 Å². The van der Waals surface area contributed by atoms with E-state index in [1.54, 1.807) is 0 Å². The molecule has 0 aromatic carbocycles. The van der Waals surface area contributed by atoms with Gasteiger partial charge in [-0.1, -0.05) is 6.42 Å². The summed E-state index contributed by atoms with van der Waals surface area (Å²) >= 11 is -0.160. The van der Waals surface area contributed by atoms with Gasteiger partial charge in [0, 0.05) is 18.5 Å². The maximum absolute atomic E-state index is 12.9. The molecule has 0 aromatic heterocycles. The fraction of sp³-hybridized carbons (Fsp3) is 0.952. The smallest absolute Gasteiger partial charge is 0.456 e. The number of carbonyl (C=O) groups is 1. The average Bonchev–Trinajstić information content (AvgIpc) is 2.63. The van der Waals surface area contributed by atoms with E-state index in [4.69, 9.17) is 4.74 Å². The summed E-state index contributed by atoms with van der Waals surface area (Å²) in [5.74, 6) is 3.54. The summed E-state index contributed by atoms with van der Waals surface area (Å²) in [5.41, 5.74) is -4.22. The minimum Gasteiger partial charge on any atom is -0.462 e. The van der Waals surface area contributed by atoms with E-state index in [-0.39, 0.29) is 29.9 Å². The third-order valence-electron chi connectivity index (χ3n) is 7.78. The quantitative estimate of drug-likeness (QED) is 0.341. The molecule has 1 N–H and O–H groups in total. The highest BCUT2D eigenvalue weighted by Crippen LogP contribution is 2.54. The number of esters is 1. The lowest BCUT2D eigenvalue weighted by Crippen LogP contribution is -2.46.